The van der Waals surface area contributed by atoms with Gasteiger partial charge in [0, 0.05) is 25.5 Å². The molecule has 1 amide bonds. The standard InChI is InChI=1S/C11H14N4O2.C6H4Cl2/c1-6-8-4-15(5-9(6)8)11-12-2-7(3-13-11)10(16)14-17;7-5-3-1-2-4-6(5)8/h2-3,6,8-9,17H,4-5H2,1H3,(H,14,16);1-4H. The van der Waals surface area contributed by atoms with E-state index in [4.69, 9.17) is 28.4 Å². The Morgan fingerprint density at radius 1 is 1.16 bits per heavy atom. The van der Waals surface area contributed by atoms with E-state index in [0.717, 1.165) is 30.8 Å². The fraction of sp³-hybridized carbons (Fsp3) is 0.353. The summed E-state index contributed by atoms with van der Waals surface area (Å²) >= 11 is 11.2. The van der Waals surface area contributed by atoms with Crippen LogP contribution in [0.25, 0.3) is 0 Å². The second-order valence-corrected chi connectivity index (χ2v) is 7.03. The van der Waals surface area contributed by atoms with Gasteiger partial charge in [-0.25, -0.2) is 15.4 Å². The van der Waals surface area contributed by atoms with Crippen molar-refractivity contribution in [1.82, 2.24) is 15.4 Å². The number of benzene rings is 1. The van der Waals surface area contributed by atoms with Gasteiger partial charge in [0.1, 0.15) is 0 Å². The molecule has 2 heterocycles. The first-order valence-electron chi connectivity index (χ1n) is 7.92. The molecule has 2 fully saturated rings. The number of aromatic nitrogens is 2. The highest BCUT2D eigenvalue weighted by molar-refractivity contribution is 6.41. The van der Waals surface area contributed by atoms with E-state index in [1.165, 1.54) is 12.4 Å². The van der Waals surface area contributed by atoms with Gasteiger partial charge < -0.3 is 4.90 Å². The number of anilines is 1. The minimum atomic E-state index is -0.588. The van der Waals surface area contributed by atoms with Crippen LogP contribution in [0.4, 0.5) is 5.95 Å². The van der Waals surface area contributed by atoms with Crippen LogP contribution in [-0.2, 0) is 0 Å². The summed E-state index contributed by atoms with van der Waals surface area (Å²) in [5, 5.41) is 9.68. The van der Waals surface area contributed by atoms with Crippen LogP contribution >= 0.6 is 23.2 Å². The lowest BCUT2D eigenvalue weighted by atomic mass is 10.3. The van der Waals surface area contributed by atoms with Gasteiger partial charge in [0.05, 0.1) is 15.6 Å². The van der Waals surface area contributed by atoms with Gasteiger partial charge in [-0.3, -0.25) is 10.0 Å². The molecule has 2 aromatic rings. The summed E-state index contributed by atoms with van der Waals surface area (Å²) in [5.41, 5.74) is 1.82. The highest BCUT2D eigenvalue weighted by Crippen LogP contribution is 2.51. The molecule has 1 saturated heterocycles. The molecule has 1 aromatic carbocycles. The fourth-order valence-electron chi connectivity index (χ4n) is 3.09. The Kier molecular flexibility index (Phi) is 5.42. The highest BCUT2D eigenvalue weighted by Gasteiger charge is 2.53. The number of piperidine rings is 1. The average Bonchev–Trinajstić information content (AvgIpc) is 3.05. The maximum Gasteiger partial charge on any atom is 0.277 e. The monoisotopic (exact) mass is 380 g/mol. The summed E-state index contributed by atoms with van der Waals surface area (Å²) in [5.74, 6) is 2.50. The molecule has 6 nitrogen and oxygen atoms in total. The van der Waals surface area contributed by atoms with Crippen LogP contribution < -0.4 is 10.4 Å². The number of amides is 1. The maximum absolute atomic E-state index is 11.1. The predicted molar refractivity (Wildman–Crippen MR) is 96.1 cm³/mol. The number of carbonyl (C=O) groups excluding carboxylic acids is 1. The fourth-order valence-corrected chi connectivity index (χ4v) is 3.36. The molecule has 2 atom stereocenters. The summed E-state index contributed by atoms with van der Waals surface area (Å²) < 4.78 is 0. The van der Waals surface area contributed by atoms with E-state index in [1.54, 1.807) is 17.6 Å². The van der Waals surface area contributed by atoms with E-state index in [2.05, 4.69) is 21.8 Å². The molecular formula is C17H18Cl2N4O2. The van der Waals surface area contributed by atoms with Gasteiger partial charge in [-0.15, -0.1) is 0 Å². The van der Waals surface area contributed by atoms with E-state index in [1.807, 2.05) is 12.1 Å². The van der Waals surface area contributed by atoms with Crippen molar-refractivity contribution in [2.45, 2.75) is 6.92 Å². The van der Waals surface area contributed by atoms with E-state index < -0.39 is 5.91 Å². The molecule has 1 saturated carbocycles. The van der Waals surface area contributed by atoms with Gasteiger partial charge in [-0.1, -0.05) is 42.3 Å². The van der Waals surface area contributed by atoms with Crippen molar-refractivity contribution in [2.24, 2.45) is 17.8 Å². The van der Waals surface area contributed by atoms with E-state index in [-0.39, 0.29) is 5.56 Å². The van der Waals surface area contributed by atoms with Crippen molar-refractivity contribution in [3.63, 3.8) is 0 Å². The minimum absolute atomic E-state index is 0.258. The highest BCUT2D eigenvalue weighted by atomic mass is 35.5. The lowest BCUT2D eigenvalue weighted by Gasteiger charge is -2.18. The van der Waals surface area contributed by atoms with E-state index in [9.17, 15) is 4.79 Å². The quantitative estimate of drug-likeness (QED) is 0.617. The van der Waals surface area contributed by atoms with Crippen LogP contribution in [0.5, 0.6) is 0 Å². The molecule has 2 unspecified atom stereocenters. The predicted octanol–water partition coefficient (Wildman–Crippen LogP) is 3.29. The van der Waals surface area contributed by atoms with Gasteiger partial charge in [0.2, 0.25) is 5.95 Å². The van der Waals surface area contributed by atoms with Crippen molar-refractivity contribution in [2.75, 3.05) is 18.0 Å². The first-order valence-corrected chi connectivity index (χ1v) is 8.68. The number of hydrogen-bond acceptors (Lipinski definition) is 5. The minimum Gasteiger partial charge on any atom is -0.340 e. The third kappa shape index (κ3) is 4.03. The average molecular weight is 381 g/mol. The Morgan fingerprint density at radius 2 is 1.68 bits per heavy atom. The number of halogens is 2. The van der Waals surface area contributed by atoms with Crippen LogP contribution in [0.2, 0.25) is 10.0 Å². The molecule has 1 aromatic heterocycles. The van der Waals surface area contributed by atoms with Gasteiger partial charge in [-0.05, 0) is 29.9 Å². The molecule has 1 aliphatic carbocycles. The summed E-state index contributed by atoms with van der Waals surface area (Å²) in [6.45, 7) is 4.30. The van der Waals surface area contributed by atoms with Gasteiger partial charge in [-0.2, -0.15) is 0 Å². The Labute approximate surface area is 155 Å². The summed E-state index contributed by atoms with van der Waals surface area (Å²) in [7, 11) is 0. The lowest BCUT2D eigenvalue weighted by Crippen LogP contribution is -2.26. The number of rotatable bonds is 2. The number of hydroxylamine groups is 1. The Balaban J connectivity index is 0.000000192. The van der Waals surface area contributed by atoms with Crippen molar-refractivity contribution in [1.29, 1.82) is 0 Å². The smallest absolute Gasteiger partial charge is 0.277 e. The molecule has 25 heavy (non-hydrogen) atoms. The van der Waals surface area contributed by atoms with Crippen molar-refractivity contribution < 1.29 is 10.0 Å². The van der Waals surface area contributed by atoms with Gasteiger partial charge in [0.15, 0.2) is 0 Å². The summed E-state index contributed by atoms with van der Waals surface area (Å²) in [6, 6.07) is 7.19. The third-order valence-corrected chi connectivity index (χ3v) is 5.49. The molecule has 0 bridgehead atoms. The van der Waals surface area contributed by atoms with E-state index in [0.29, 0.717) is 16.0 Å². The van der Waals surface area contributed by atoms with Gasteiger partial charge >= 0.3 is 0 Å². The van der Waals surface area contributed by atoms with Gasteiger partial charge in [0.25, 0.3) is 5.91 Å². The first-order chi connectivity index (χ1) is 12.0. The lowest BCUT2D eigenvalue weighted by molar-refractivity contribution is 0.0705. The zero-order valence-corrected chi connectivity index (χ0v) is 15.1. The SMILES string of the molecule is CC1C2CN(c3ncc(C(=O)NO)cn3)CC12.Clc1ccccc1Cl. The summed E-state index contributed by atoms with van der Waals surface area (Å²) in [4.78, 5) is 21.5. The Bertz CT molecular complexity index is 724. The number of hydrogen-bond donors (Lipinski definition) is 2. The maximum atomic E-state index is 11.1. The molecule has 2 aliphatic rings. The second-order valence-electron chi connectivity index (χ2n) is 6.22. The number of nitrogens with one attached hydrogen (secondary N) is 1. The Hall–Kier alpha value is -1.89. The van der Waals surface area contributed by atoms with Crippen LogP contribution in [0, 0.1) is 17.8 Å². The van der Waals surface area contributed by atoms with E-state index >= 15 is 0 Å². The third-order valence-electron chi connectivity index (χ3n) is 4.73. The molecule has 2 N–H and O–H groups in total. The zero-order chi connectivity index (χ0) is 18.0. The first kappa shape index (κ1) is 17.9. The van der Waals surface area contributed by atoms with Crippen molar-refractivity contribution in [3.8, 4) is 0 Å². The summed E-state index contributed by atoms with van der Waals surface area (Å²) in [6.07, 6.45) is 2.86. The number of carbonyl (C=O) groups is 1. The zero-order valence-electron chi connectivity index (χ0n) is 13.6. The molecule has 4 rings (SSSR count). The van der Waals surface area contributed by atoms with Crippen molar-refractivity contribution >= 4 is 35.1 Å². The molecule has 8 heteroatoms. The molecule has 0 spiro atoms. The second kappa shape index (κ2) is 7.56. The van der Waals surface area contributed by atoms with Crippen LogP contribution in [0.1, 0.15) is 17.3 Å². The van der Waals surface area contributed by atoms with Crippen LogP contribution in [0.3, 0.4) is 0 Å². The molecule has 132 valence electrons. The van der Waals surface area contributed by atoms with Crippen LogP contribution in [-0.4, -0.2) is 34.2 Å². The topological polar surface area (TPSA) is 78.4 Å². The molecule has 1 aliphatic heterocycles. The largest absolute Gasteiger partial charge is 0.340 e. The van der Waals surface area contributed by atoms with Crippen LogP contribution in [0.15, 0.2) is 36.7 Å². The Morgan fingerprint density at radius 3 is 2.12 bits per heavy atom. The number of fused-ring (bicyclic) bond motifs is 1. The van der Waals surface area contributed by atoms with Crippen molar-refractivity contribution in [3.05, 3.63) is 52.3 Å². The molecular weight excluding hydrogens is 363 g/mol. The number of nitrogens with zero attached hydrogens (tertiary/aromatic N) is 3. The molecule has 0 radical (unpaired) electrons. The normalized spacial score (nSPS) is 23.4.